The standard InChI is InChI=1S/C21H19N3O2/c1-25-15-9-16(10-15)26-21-5-3-14(11-23-21)13-2-4-17-18-12-22-7-6-19(18)24-20(17)8-13/h2-8,11-12,15-16,24H,9-10H2,1H3. The molecule has 1 aliphatic rings. The van der Waals surface area contributed by atoms with Gasteiger partial charge in [0.15, 0.2) is 0 Å². The Morgan fingerprint density at radius 3 is 2.62 bits per heavy atom. The van der Waals surface area contributed by atoms with Gasteiger partial charge in [0.2, 0.25) is 5.88 Å². The maximum Gasteiger partial charge on any atom is 0.213 e. The van der Waals surface area contributed by atoms with Gasteiger partial charge in [0, 0.05) is 72.0 Å². The van der Waals surface area contributed by atoms with Crippen molar-refractivity contribution in [3.05, 3.63) is 55.0 Å². The van der Waals surface area contributed by atoms with Gasteiger partial charge in [-0.15, -0.1) is 0 Å². The summed E-state index contributed by atoms with van der Waals surface area (Å²) in [5.74, 6) is 0.672. The summed E-state index contributed by atoms with van der Waals surface area (Å²) in [5, 5.41) is 2.33. The van der Waals surface area contributed by atoms with Crippen LogP contribution in [0, 0.1) is 0 Å². The van der Waals surface area contributed by atoms with E-state index in [1.807, 2.05) is 24.5 Å². The quantitative estimate of drug-likeness (QED) is 0.598. The van der Waals surface area contributed by atoms with Crippen LogP contribution in [0.2, 0.25) is 0 Å². The van der Waals surface area contributed by atoms with Crippen LogP contribution in [0.3, 0.4) is 0 Å². The number of fused-ring (bicyclic) bond motifs is 3. The highest BCUT2D eigenvalue weighted by Crippen LogP contribution is 2.30. The number of rotatable bonds is 4. The van der Waals surface area contributed by atoms with Gasteiger partial charge in [0.05, 0.1) is 6.10 Å². The number of ether oxygens (including phenoxy) is 2. The molecule has 26 heavy (non-hydrogen) atoms. The maximum atomic E-state index is 5.88. The molecule has 130 valence electrons. The monoisotopic (exact) mass is 345 g/mol. The summed E-state index contributed by atoms with van der Waals surface area (Å²) in [5.41, 5.74) is 4.40. The van der Waals surface area contributed by atoms with E-state index >= 15 is 0 Å². The fourth-order valence-corrected chi connectivity index (χ4v) is 3.52. The minimum atomic E-state index is 0.217. The lowest BCUT2D eigenvalue weighted by Gasteiger charge is -2.33. The third-order valence-corrected chi connectivity index (χ3v) is 5.14. The van der Waals surface area contributed by atoms with Gasteiger partial charge in [0.25, 0.3) is 0 Å². The van der Waals surface area contributed by atoms with Crippen molar-refractivity contribution in [1.82, 2.24) is 15.0 Å². The molecule has 3 heterocycles. The van der Waals surface area contributed by atoms with Crippen molar-refractivity contribution in [2.24, 2.45) is 0 Å². The first-order chi connectivity index (χ1) is 12.8. The van der Waals surface area contributed by atoms with Gasteiger partial charge >= 0.3 is 0 Å². The number of hydrogen-bond donors (Lipinski definition) is 1. The number of pyridine rings is 2. The molecule has 1 aromatic carbocycles. The molecular weight excluding hydrogens is 326 g/mol. The van der Waals surface area contributed by atoms with E-state index in [9.17, 15) is 0 Å². The van der Waals surface area contributed by atoms with E-state index < -0.39 is 0 Å². The average molecular weight is 345 g/mol. The Labute approximate surface area is 151 Å². The van der Waals surface area contributed by atoms with E-state index in [0.29, 0.717) is 12.0 Å². The second-order valence-corrected chi connectivity index (χ2v) is 6.76. The Bertz CT molecular complexity index is 1070. The van der Waals surface area contributed by atoms with Crippen LogP contribution in [0.15, 0.2) is 55.0 Å². The first-order valence-electron chi connectivity index (χ1n) is 8.81. The van der Waals surface area contributed by atoms with Crippen molar-refractivity contribution in [2.75, 3.05) is 7.11 Å². The van der Waals surface area contributed by atoms with Crippen molar-refractivity contribution in [3.8, 4) is 17.0 Å². The molecule has 5 nitrogen and oxygen atoms in total. The summed E-state index contributed by atoms with van der Waals surface area (Å²) in [6, 6.07) is 12.4. The largest absolute Gasteiger partial charge is 0.474 e. The van der Waals surface area contributed by atoms with Crippen molar-refractivity contribution < 1.29 is 9.47 Å². The van der Waals surface area contributed by atoms with Gasteiger partial charge in [-0.05, 0) is 23.8 Å². The van der Waals surface area contributed by atoms with Gasteiger partial charge in [0.1, 0.15) is 6.10 Å². The van der Waals surface area contributed by atoms with Crippen molar-refractivity contribution in [1.29, 1.82) is 0 Å². The molecule has 1 N–H and O–H groups in total. The number of nitrogens with zero attached hydrogens (tertiary/aromatic N) is 2. The molecule has 1 fully saturated rings. The number of methoxy groups -OCH3 is 1. The third kappa shape index (κ3) is 2.61. The van der Waals surface area contributed by atoms with Crippen molar-refractivity contribution >= 4 is 21.8 Å². The Kier molecular flexibility index (Phi) is 3.60. The number of benzene rings is 1. The van der Waals surface area contributed by atoms with Crippen molar-refractivity contribution in [2.45, 2.75) is 25.0 Å². The van der Waals surface area contributed by atoms with Crippen LogP contribution in [-0.4, -0.2) is 34.3 Å². The van der Waals surface area contributed by atoms with Crippen LogP contribution in [0.1, 0.15) is 12.8 Å². The smallest absolute Gasteiger partial charge is 0.213 e. The third-order valence-electron chi connectivity index (χ3n) is 5.14. The molecule has 0 bridgehead atoms. The lowest BCUT2D eigenvalue weighted by Crippen LogP contribution is -2.38. The molecular formula is C21H19N3O2. The molecule has 0 saturated heterocycles. The number of aromatic amines is 1. The molecule has 1 aliphatic carbocycles. The van der Waals surface area contributed by atoms with E-state index in [-0.39, 0.29) is 6.10 Å². The highest BCUT2D eigenvalue weighted by atomic mass is 16.5. The fraction of sp³-hybridized carbons (Fsp3) is 0.238. The van der Waals surface area contributed by atoms with Crippen LogP contribution in [0.25, 0.3) is 32.9 Å². The zero-order valence-electron chi connectivity index (χ0n) is 14.5. The predicted molar refractivity (Wildman–Crippen MR) is 101 cm³/mol. The Morgan fingerprint density at radius 2 is 1.81 bits per heavy atom. The Balaban J connectivity index is 1.39. The first-order valence-corrected chi connectivity index (χ1v) is 8.81. The summed E-state index contributed by atoms with van der Waals surface area (Å²) in [4.78, 5) is 12.1. The molecule has 5 rings (SSSR count). The second-order valence-electron chi connectivity index (χ2n) is 6.76. The Morgan fingerprint density at radius 1 is 0.923 bits per heavy atom. The summed E-state index contributed by atoms with van der Waals surface area (Å²) in [6.07, 6.45) is 7.99. The number of nitrogens with one attached hydrogen (secondary N) is 1. The molecule has 0 atom stereocenters. The number of H-pyrrole nitrogens is 1. The summed E-state index contributed by atoms with van der Waals surface area (Å²) < 4.78 is 11.2. The average Bonchev–Trinajstić information content (AvgIpc) is 3.02. The van der Waals surface area contributed by atoms with E-state index in [4.69, 9.17) is 9.47 Å². The molecule has 0 radical (unpaired) electrons. The molecule has 3 aromatic heterocycles. The zero-order chi connectivity index (χ0) is 17.5. The number of hydrogen-bond acceptors (Lipinski definition) is 4. The first kappa shape index (κ1) is 15.3. The topological polar surface area (TPSA) is 60.0 Å². The minimum Gasteiger partial charge on any atom is -0.474 e. The lowest BCUT2D eigenvalue weighted by atomic mass is 9.92. The molecule has 0 aliphatic heterocycles. The van der Waals surface area contributed by atoms with E-state index in [2.05, 4.69) is 39.2 Å². The normalized spacial score (nSPS) is 19.6. The predicted octanol–water partition coefficient (Wildman–Crippen LogP) is 4.33. The van der Waals surface area contributed by atoms with Gasteiger partial charge in [-0.3, -0.25) is 4.98 Å². The molecule has 0 amide bonds. The highest BCUT2D eigenvalue weighted by Gasteiger charge is 2.30. The SMILES string of the molecule is COC1CC(Oc2ccc(-c3ccc4c(c3)[nH]c3ccncc34)cn2)C1. The van der Waals surface area contributed by atoms with Gasteiger partial charge < -0.3 is 14.5 Å². The molecule has 0 spiro atoms. The van der Waals surface area contributed by atoms with Crippen LogP contribution in [0.5, 0.6) is 5.88 Å². The highest BCUT2D eigenvalue weighted by molar-refractivity contribution is 6.07. The van der Waals surface area contributed by atoms with Crippen LogP contribution >= 0.6 is 0 Å². The summed E-state index contributed by atoms with van der Waals surface area (Å²) in [7, 11) is 1.74. The minimum absolute atomic E-state index is 0.217. The van der Waals surface area contributed by atoms with E-state index in [1.165, 1.54) is 5.39 Å². The van der Waals surface area contributed by atoms with Crippen LogP contribution < -0.4 is 4.74 Å². The molecule has 1 saturated carbocycles. The second kappa shape index (κ2) is 6.11. The van der Waals surface area contributed by atoms with Crippen molar-refractivity contribution in [3.63, 3.8) is 0 Å². The molecule has 5 heteroatoms. The fourth-order valence-electron chi connectivity index (χ4n) is 3.52. The van der Waals surface area contributed by atoms with Crippen LogP contribution in [0.4, 0.5) is 0 Å². The number of aromatic nitrogens is 3. The Hall–Kier alpha value is -2.92. The van der Waals surface area contributed by atoms with Gasteiger partial charge in [-0.2, -0.15) is 0 Å². The van der Waals surface area contributed by atoms with Gasteiger partial charge in [-0.25, -0.2) is 4.98 Å². The lowest BCUT2D eigenvalue weighted by molar-refractivity contribution is -0.0396. The van der Waals surface area contributed by atoms with E-state index in [0.717, 1.165) is 40.4 Å². The van der Waals surface area contributed by atoms with Crippen LogP contribution in [-0.2, 0) is 4.74 Å². The zero-order valence-corrected chi connectivity index (χ0v) is 14.5. The van der Waals surface area contributed by atoms with E-state index in [1.54, 1.807) is 13.3 Å². The summed E-state index contributed by atoms with van der Waals surface area (Å²) in [6.45, 7) is 0. The molecule has 0 unspecified atom stereocenters. The molecule has 4 aromatic rings. The maximum absolute atomic E-state index is 5.88. The summed E-state index contributed by atoms with van der Waals surface area (Å²) >= 11 is 0. The van der Waals surface area contributed by atoms with Gasteiger partial charge in [-0.1, -0.05) is 12.1 Å².